The molecule has 1 saturated heterocycles. The molecule has 25 heavy (non-hydrogen) atoms. The van der Waals surface area contributed by atoms with Crippen LogP contribution in [0.15, 0.2) is 18.2 Å². The van der Waals surface area contributed by atoms with E-state index in [1.165, 1.54) is 81.0 Å². The van der Waals surface area contributed by atoms with Gasteiger partial charge in [-0.3, -0.25) is 0 Å². The van der Waals surface area contributed by atoms with Gasteiger partial charge in [-0.1, -0.05) is 44.7 Å². The first-order valence-corrected chi connectivity index (χ1v) is 10.4. The number of hydrogen-bond donors (Lipinski definition) is 1. The third-order valence-corrected chi connectivity index (χ3v) is 6.55. The van der Waals surface area contributed by atoms with Crippen molar-refractivity contribution in [3.8, 4) is 0 Å². The zero-order valence-corrected chi connectivity index (χ0v) is 16.5. The normalized spacial score (nSPS) is 29.1. The maximum absolute atomic E-state index is 6.35. The fourth-order valence-corrected chi connectivity index (χ4v) is 5.26. The maximum Gasteiger partial charge on any atom is 0.0892 e. The van der Waals surface area contributed by atoms with Crippen molar-refractivity contribution >= 4 is 18.1 Å². The second-order valence-corrected chi connectivity index (χ2v) is 8.19. The maximum atomic E-state index is 6.35. The Hall–Kier alpha value is -0.730. The van der Waals surface area contributed by atoms with E-state index in [0.29, 0.717) is 18.1 Å². The number of halogens is 1. The Morgan fingerprint density at radius 3 is 2.72 bits per heavy atom. The van der Waals surface area contributed by atoms with Crippen molar-refractivity contribution in [1.82, 2.24) is 0 Å². The first-order valence-electron chi connectivity index (χ1n) is 10.4. The lowest BCUT2D eigenvalue weighted by Gasteiger charge is -2.47. The molecule has 2 fully saturated rings. The van der Waals surface area contributed by atoms with Crippen molar-refractivity contribution < 1.29 is 4.74 Å². The lowest BCUT2D eigenvalue weighted by molar-refractivity contribution is -0.0458. The molecule has 3 aliphatic rings. The summed E-state index contributed by atoms with van der Waals surface area (Å²) >= 11 is 0. The first-order chi connectivity index (χ1) is 11.9. The molecule has 3 atom stereocenters. The van der Waals surface area contributed by atoms with Crippen LogP contribution in [-0.2, 0) is 11.2 Å². The molecule has 1 N–H and O–H groups in total. The quantitative estimate of drug-likeness (QED) is 0.678. The fraction of sp³-hybridized carbons (Fsp3) is 0.727. The Morgan fingerprint density at radius 1 is 1.08 bits per heavy atom. The fourth-order valence-electron chi connectivity index (χ4n) is 5.26. The summed E-state index contributed by atoms with van der Waals surface area (Å²) in [6.45, 7) is 3.21. The zero-order valence-electron chi connectivity index (χ0n) is 15.6. The van der Waals surface area contributed by atoms with Crippen molar-refractivity contribution in [2.75, 3.05) is 11.9 Å². The Labute approximate surface area is 159 Å². The third-order valence-electron chi connectivity index (χ3n) is 6.55. The number of anilines is 1. The highest BCUT2D eigenvalue weighted by atomic mass is 35.5. The van der Waals surface area contributed by atoms with Gasteiger partial charge in [-0.2, -0.15) is 0 Å². The zero-order chi connectivity index (χ0) is 16.4. The number of aryl methyl sites for hydroxylation is 1. The Bertz CT molecular complexity index is 555. The van der Waals surface area contributed by atoms with Gasteiger partial charge in [0.25, 0.3) is 0 Å². The topological polar surface area (TPSA) is 21.3 Å². The second kappa shape index (κ2) is 8.77. The van der Waals surface area contributed by atoms with E-state index >= 15 is 0 Å². The minimum absolute atomic E-state index is 0. The number of fused-ring (bicyclic) bond motifs is 3. The molecule has 0 bridgehead atoms. The summed E-state index contributed by atoms with van der Waals surface area (Å²) in [6, 6.07) is 7.75. The molecule has 1 saturated carbocycles. The summed E-state index contributed by atoms with van der Waals surface area (Å²) in [5, 5.41) is 3.97. The summed E-state index contributed by atoms with van der Waals surface area (Å²) < 4.78 is 6.35. The highest BCUT2D eigenvalue weighted by molar-refractivity contribution is 5.85. The van der Waals surface area contributed by atoms with E-state index in [4.69, 9.17) is 4.74 Å². The largest absolute Gasteiger partial charge is 0.381 e. The molecular weight excluding hydrogens is 330 g/mol. The van der Waals surface area contributed by atoms with E-state index in [1.807, 2.05) is 0 Å². The highest BCUT2D eigenvalue weighted by Gasteiger charge is 2.42. The van der Waals surface area contributed by atoms with Crippen LogP contribution in [0.2, 0.25) is 0 Å². The van der Waals surface area contributed by atoms with Crippen LogP contribution in [0.1, 0.15) is 81.9 Å². The van der Waals surface area contributed by atoms with E-state index in [9.17, 15) is 0 Å². The summed E-state index contributed by atoms with van der Waals surface area (Å²) in [4.78, 5) is 0. The molecule has 1 aromatic carbocycles. The van der Waals surface area contributed by atoms with Crippen molar-refractivity contribution in [3.05, 3.63) is 29.3 Å². The van der Waals surface area contributed by atoms with Crippen LogP contribution in [-0.4, -0.2) is 12.6 Å². The number of unbranched alkanes of at least 4 members (excludes halogenated alkanes) is 1. The van der Waals surface area contributed by atoms with Gasteiger partial charge >= 0.3 is 0 Å². The van der Waals surface area contributed by atoms with Crippen LogP contribution >= 0.6 is 12.4 Å². The molecule has 3 heteroatoms. The van der Waals surface area contributed by atoms with Crippen LogP contribution < -0.4 is 5.32 Å². The Balaban J connectivity index is 0.00000182. The molecule has 0 aromatic heterocycles. The number of rotatable bonds is 4. The highest BCUT2D eigenvalue weighted by Crippen LogP contribution is 2.47. The average molecular weight is 364 g/mol. The molecule has 0 spiro atoms. The average Bonchev–Trinajstić information content (AvgIpc) is 2.66. The molecule has 0 radical (unpaired) electrons. The SMILES string of the molecule is CCCCc1ccc2c(c1)[C@H]1OCCC[C@H]1[C@@H](C1CCCCC1)N2.Cl. The summed E-state index contributed by atoms with van der Waals surface area (Å²) in [6.07, 6.45) is 13.7. The van der Waals surface area contributed by atoms with Gasteiger partial charge in [0.15, 0.2) is 0 Å². The minimum atomic E-state index is 0. The summed E-state index contributed by atoms with van der Waals surface area (Å²) in [5.41, 5.74) is 4.29. The molecule has 2 heterocycles. The molecule has 1 aliphatic carbocycles. The third kappa shape index (κ3) is 4.01. The van der Waals surface area contributed by atoms with E-state index in [0.717, 1.165) is 12.5 Å². The standard InChI is InChI=1S/C22H33NO.ClH/c1-2-3-8-16-12-13-20-19(15-16)22-18(11-7-14-24-22)21(23-20)17-9-5-4-6-10-17;/h12-13,15,17-18,21-23H,2-11,14H2,1H3;1H/t18-,21+,22-;/m0./s1. The van der Waals surface area contributed by atoms with Crippen LogP contribution in [0.4, 0.5) is 5.69 Å². The molecular formula is C22H34ClNO. The van der Waals surface area contributed by atoms with Gasteiger partial charge in [0.2, 0.25) is 0 Å². The number of hydrogen-bond acceptors (Lipinski definition) is 2. The van der Waals surface area contributed by atoms with Crippen molar-refractivity contribution in [1.29, 1.82) is 0 Å². The molecule has 1 aromatic rings. The Morgan fingerprint density at radius 2 is 1.92 bits per heavy atom. The molecule has 0 amide bonds. The Kier molecular flexibility index (Phi) is 6.68. The molecule has 0 unspecified atom stereocenters. The van der Waals surface area contributed by atoms with E-state index in [1.54, 1.807) is 0 Å². The van der Waals surface area contributed by atoms with Gasteiger partial charge in [0.1, 0.15) is 0 Å². The molecule has 4 rings (SSSR count). The van der Waals surface area contributed by atoms with E-state index in [-0.39, 0.29) is 12.4 Å². The van der Waals surface area contributed by atoms with Crippen molar-refractivity contribution in [3.63, 3.8) is 0 Å². The molecule has 2 aliphatic heterocycles. The van der Waals surface area contributed by atoms with Crippen LogP contribution in [0.3, 0.4) is 0 Å². The molecule has 2 nitrogen and oxygen atoms in total. The number of benzene rings is 1. The molecule has 140 valence electrons. The van der Waals surface area contributed by atoms with E-state index in [2.05, 4.69) is 30.4 Å². The number of nitrogens with one attached hydrogen (secondary N) is 1. The lowest BCUT2D eigenvalue weighted by Crippen LogP contribution is -2.46. The first kappa shape index (κ1) is 19.0. The van der Waals surface area contributed by atoms with Crippen LogP contribution in [0.5, 0.6) is 0 Å². The smallest absolute Gasteiger partial charge is 0.0892 e. The monoisotopic (exact) mass is 363 g/mol. The number of ether oxygens (including phenoxy) is 1. The predicted molar refractivity (Wildman–Crippen MR) is 108 cm³/mol. The van der Waals surface area contributed by atoms with E-state index < -0.39 is 0 Å². The lowest BCUT2D eigenvalue weighted by atomic mass is 9.71. The predicted octanol–water partition coefficient (Wildman–Crippen LogP) is 6.29. The van der Waals surface area contributed by atoms with Crippen molar-refractivity contribution in [2.45, 2.75) is 83.3 Å². The van der Waals surface area contributed by atoms with Gasteiger partial charge in [0, 0.05) is 29.8 Å². The summed E-state index contributed by atoms with van der Waals surface area (Å²) in [5.74, 6) is 1.52. The van der Waals surface area contributed by atoms with Gasteiger partial charge in [-0.05, 0) is 56.1 Å². The van der Waals surface area contributed by atoms with Gasteiger partial charge < -0.3 is 10.1 Å². The van der Waals surface area contributed by atoms with Crippen molar-refractivity contribution in [2.24, 2.45) is 11.8 Å². The second-order valence-electron chi connectivity index (χ2n) is 8.19. The minimum Gasteiger partial charge on any atom is -0.381 e. The summed E-state index contributed by atoms with van der Waals surface area (Å²) in [7, 11) is 0. The van der Waals surface area contributed by atoms with Gasteiger partial charge in [-0.25, -0.2) is 0 Å². The van der Waals surface area contributed by atoms with Gasteiger partial charge in [0.05, 0.1) is 6.10 Å². The van der Waals surface area contributed by atoms with Crippen LogP contribution in [0, 0.1) is 11.8 Å². The van der Waals surface area contributed by atoms with Gasteiger partial charge in [-0.15, -0.1) is 12.4 Å². The van der Waals surface area contributed by atoms with Crippen LogP contribution in [0.25, 0.3) is 0 Å².